The number of benzene rings is 2. The Balaban J connectivity index is 1.06. The monoisotopic (exact) mass is 587 g/mol. The number of amides is 1. The predicted octanol–water partition coefficient (Wildman–Crippen LogP) is 4.34. The average molecular weight is 588 g/mol. The molecule has 1 amide bonds. The molecule has 42 heavy (non-hydrogen) atoms. The van der Waals surface area contributed by atoms with Gasteiger partial charge in [0, 0.05) is 25.5 Å². The van der Waals surface area contributed by atoms with Crippen molar-refractivity contribution in [2.24, 2.45) is 0 Å². The van der Waals surface area contributed by atoms with E-state index in [0.717, 1.165) is 6.42 Å². The first-order valence-electron chi connectivity index (χ1n) is 14.8. The van der Waals surface area contributed by atoms with Gasteiger partial charge in [0.15, 0.2) is 0 Å². The minimum Gasteiger partial charge on any atom is -0.463 e. The number of ether oxygens (including phenoxy) is 7. The minimum atomic E-state index is -0.416. The molecule has 232 valence electrons. The Labute approximate surface area is 248 Å². The van der Waals surface area contributed by atoms with E-state index < -0.39 is 6.09 Å². The van der Waals surface area contributed by atoms with E-state index in [4.69, 9.17) is 33.2 Å². The molecule has 1 aliphatic rings. The van der Waals surface area contributed by atoms with Crippen LogP contribution in [0.15, 0.2) is 48.5 Å². The van der Waals surface area contributed by atoms with E-state index in [1.54, 1.807) is 0 Å². The smallest absolute Gasteiger partial charge is 0.407 e. The van der Waals surface area contributed by atoms with Crippen LogP contribution in [-0.2, 0) is 38.0 Å². The maximum absolute atomic E-state index is 12.2. The van der Waals surface area contributed by atoms with Gasteiger partial charge in [-0.25, -0.2) is 4.79 Å². The van der Waals surface area contributed by atoms with Crippen LogP contribution in [0.25, 0.3) is 11.1 Å². The summed E-state index contributed by atoms with van der Waals surface area (Å²) in [7, 11) is 0. The minimum absolute atomic E-state index is 0.0526. The van der Waals surface area contributed by atoms with Crippen molar-refractivity contribution in [3.05, 3.63) is 59.7 Å². The van der Waals surface area contributed by atoms with E-state index >= 15 is 0 Å². The third-order valence-electron chi connectivity index (χ3n) is 6.51. The standard InChI is InChI=1S/C32H45NO9/c1-2-8-31(34)41-24-23-40-22-21-39-20-19-38-18-17-37-16-15-36-14-7-13-33-32(35)42-25-30-28-11-5-3-9-26(28)27-10-4-6-12-29(27)30/h3-6,9-12,30H,2,7-8,13-25H2,1H3,(H,33,35). The average Bonchev–Trinajstić information content (AvgIpc) is 3.32. The van der Waals surface area contributed by atoms with Gasteiger partial charge in [-0.3, -0.25) is 4.79 Å². The largest absolute Gasteiger partial charge is 0.463 e. The van der Waals surface area contributed by atoms with Gasteiger partial charge in [0.1, 0.15) is 13.2 Å². The van der Waals surface area contributed by atoms with Gasteiger partial charge in [-0.05, 0) is 35.1 Å². The molecule has 10 heteroatoms. The highest BCUT2D eigenvalue weighted by atomic mass is 16.6. The van der Waals surface area contributed by atoms with Crippen molar-refractivity contribution < 1.29 is 42.7 Å². The van der Waals surface area contributed by atoms with E-state index in [9.17, 15) is 9.59 Å². The van der Waals surface area contributed by atoms with Crippen LogP contribution in [0.3, 0.4) is 0 Å². The van der Waals surface area contributed by atoms with Gasteiger partial charge in [-0.15, -0.1) is 0 Å². The first kappa shape index (κ1) is 33.5. The molecular formula is C32H45NO9. The van der Waals surface area contributed by atoms with Crippen LogP contribution >= 0.6 is 0 Å². The number of fused-ring (bicyclic) bond motifs is 3. The van der Waals surface area contributed by atoms with Crippen LogP contribution < -0.4 is 5.32 Å². The van der Waals surface area contributed by atoms with Gasteiger partial charge >= 0.3 is 12.1 Å². The second-order valence-electron chi connectivity index (χ2n) is 9.64. The molecule has 0 bridgehead atoms. The van der Waals surface area contributed by atoms with Crippen molar-refractivity contribution >= 4 is 12.1 Å². The Kier molecular flexibility index (Phi) is 16.6. The number of hydrogen-bond donors (Lipinski definition) is 1. The molecular weight excluding hydrogens is 542 g/mol. The number of carbonyl (C=O) groups excluding carboxylic acids is 2. The van der Waals surface area contributed by atoms with E-state index in [2.05, 4.69) is 29.6 Å². The highest BCUT2D eigenvalue weighted by Crippen LogP contribution is 2.44. The Bertz CT molecular complexity index is 1000. The lowest BCUT2D eigenvalue weighted by molar-refractivity contribution is -0.145. The number of rotatable bonds is 23. The second kappa shape index (κ2) is 20.8. The number of alkyl carbamates (subject to hydrolysis) is 1. The number of esters is 1. The molecule has 0 atom stereocenters. The second-order valence-corrected chi connectivity index (χ2v) is 9.64. The molecule has 10 nitrogen and oxygen atoms in total. The van der Waals surface area contributed by atoms with Gasteiger partial charge in [0.25, 0.3) is 0 Å². The maximum atomic E-state index is 12.2. The van der Waals surface area contributed by atoms with E-state index in [0.29, 0.717) is 92.1 Å². The van der Waals surface area contributed by atoms with E-state index in [1.165, 1.54) is 22.3 Å². The summed E-state index contributed by atoms with van der Waals surface area (Å²) in [5.74, 6) is -0.138. The summed E-state index contributed by atoms with van der Waals surface area (Å²) in [6.07, 6.45) is 1.49. The predicted molar refractivity (Wildman–Crippen MR) is 158 cm³/mol. The molecule has 0 aliphatic heterocycles. The van der Waals surface area contributed by atoms with Crippen LogP contribution in [0.5, 0.6) is 0 Å². The Morgan fingerprint density at radius 2 is 1.12 bits per heavy atom. The highest BCUT2D eigenvalue weighted by Gasteiger charge is 2.28. The summed E-state index contributed by atoms with van der Waals surface area (Å²) < 4.78 is 37.8. The molecule has 0 saturated carbocycles. The van der Waals surface area contributed by atoms with Crippen LogP contribution in [0.2, 0.25) is 0 Å². The summed E-state index contributed by atoms with van der Waals surface area (Å²) in [4.78, 5) is 23.4. The lowest BCUT2D eigenvalue weighted by Gasteiger charge is -2.14. The fraction of sp³-hybridized carbons (Fsp3) is 0.562. The van der Waals surface area contributed by atoms with Crippen molar-refractivity contribution in [1.82, 2.24) is 5.32 Å². The van der Waals surface area contributed by atoms with Crippen molar-refractivity contribution in [3.63, 3.8) is 0 Å². The van der Waals surface area contributed by atoms with Crippen molar-refractivity contribution in [2.75, 3.05) is 85.8 Å². The quantitative estimate of drug-likeness (QED) is 0.150. The summed E-state index contributed by atoms with van der Waals surface area (Å²) in [5, 5.41) is 2.79. The van der Waals surface area contributed by atoms with E-state index in [1.807, 2.05) is 31.2 Å². The van der Waals surface area contributed by atoms with Crippen LogP contribution in [0.4, 0.5) is 4.79 Å². The molecule has 2 aromatic carbocycles. The van der Waals surface area contributed by atoms with Crippen molar-refractivity contribution in [2.45, 2.75) is 32.1 Å². The van der Waals surface area contributed by atoms with Crippen LogP contribution in [0, 0.1) is 0 Å². The molecule has 0 radical (unpaired) electrons. The maximum Gasteiger partial charge on any atom is 0.407 e. The Morgan fingerprint density at radius 1 is 0.643 bits per heavy atom. The Hall–Kier alpha value is -3.02. The normalized spacial score (nSPS) is 12.1. The number of nitrogens with one attached hydrogen (secondary N) is 1. The summed E-state index contributed by atoms with van der Waals surface area (Å²) in [5.41, 5.74) is 4.81. The van der Waals surface area contributed by atoms with E-state index in [-0.39, 0.29) is 18.5 Å². The SMILES string of the molecule is CCCC(=O)OCCOCCOCCOCCOCCOCCCNC(=O)OCC1c2ccccc2-c2ccccc21. The van der Waals surface area contributed by atoms with Gasteiger partial charge in [-0.2, -0.15) is 0 Å². The molecule has 0 unspecified atom stereocenters. The molecule has 0 spiro atoms. The summed E-state index contributed by atoms with van der Waals surface area (Å²) >= 11 is 0. The molecule has 0 saturated heterocycles. The zero-order valence-corrected chi connectivity index (χ0v) is 24.7. The number of carbonyl (C=O) groups is 2. The van der Waals surface area contributed by atoms with Gasteiger partial charge < -0.3 is 38.5 Å². The molecule has 1 N–H and O–H groups in total. The molecule has 2 aromatic rings. The zero-order chi connectivity index (χ0) is 29.7. The molecule has 0 aromatic heterocycles. The lowest BCUT2D eigenvalue weighted by atomic mass is 9.98. The first-order chi connectivity index (χ1) is 20.7. The third-order valence-corrected chi connectivity index (χ3v) is 6.51. The van der Waals surface area contributed by atoms with Gasteiger partial charge in [0.05, 0.1) is 59.5 Å². The topological polar surface area (TPSA) is 111 Å². The third kappa shape index (κ3) is 12.5. The molecule has 3 rings (SSSR count). The molecule has 0 fully saturated rings. The van der Waals surface area contributed by atoms with Crippen molar-refractivity contribution in [3.8, 4) is 11.1 Å². The van der Waals surface area contributed by atoms with Gasteiger partial charge in [0.2, 0.25) is 0 Å². The van der Waals surface area contributed by atoms with Gasteiger partial charge in [-0.1, -0.05) is 55.5 Å². The lowest BCUT2D eigenvalue weighted by Crippen LogP contribution is -2.27. The summed E-state index contributed by atoms with van der Waals surface area (Å²) in [6, 6.07) is 16.5. The Morgan fingerprint density at radius 3 is 1.64 bits per heavy atom. The molecule has 0 heterocycles. The zero-order valence-electron chi connectivity index (χ0n) is 24.7. The number of hydrogen-bond acceptors (Lipinski definition) is 9. The fourth-order valence-corrected chi connectivity index (χ4v) is 4.49. The first-order valence-corrected chi connectivity index (χ1v) is 14.8. The van der Waals surface area contributed by atoms with Crippen LogP contribution in [-0.4, -0.2) is 97.9 Å². The highest BCUT2D eigenvalue weighted by molar-refractivity contribution is 5.79. The fourth-order valence-electron chi connectivity index (χ4n) is 4.49. The van der Waals surface area contributed by atoms with Crippen molar-refractivity contribution in [1.29, 1.82) is 0 Å². The summed E-state index contributed by atoms with van der Waals surface area (Å²) in [6.45, 7) is 7.65. The molecule has 1 aliphatic carbocycles. The van der Waals surface area contributed by atoms with Crippen LogP contribution in [0.1, 0.15) is 43.2 Å².